The summed E-state index contributed by atoms with van der Waals surface area (Å²) in [6.07, 6.45) is 42.3. The van der Waals surface area contributed by atoms with Crippen molar-refractivity contribution in [3.8, 4) is 0 Å². The molecule has 0 radical (unpaired) electrons. The summed E-state index contributed by atoms with van der Waals surface area (Å²) >= 11 is 0. The Balaban J connectivity index is 4.18. The number of hydrogen-bond acceptors (Lipinski definition) is 7. The Morgan fingerprint density at radius 2 is 1.17 bits per heavy atom. The number of carbonyl (C=O) groups excluding carboxylic acids is 1. The molecule has 0 aromatic carbocycles. The first-order chi connectivity index (χ1) is 23.4. The molecule has 0 fully saturated rings. The van der Waals surface area contributed by atoms with E-state index in [1.54, 1.807) is 0 Å². The highest BCUT2D eigenvalue weighted by Crippen LogP contribution is 2.43. The molecule has 0 aromatic heterocycles. The molecule has 0 spiro atoms. The topological polar surface area (TPSA) is 117 Å². The van der Waals surface area contributed by atoms with Crippen molar-refractivity contribution in [1.82, 2.24) is 0 Å². The van der Waals surface area contributed by atoms with Crippen LogP contribution in [0.4, 0.5) is 0 Å². The normalized spacial score (nSPS) is 14.3. The molecule has 3 N–H and O–H groups in total. The average Bonchev–Trinajstić information content (AvgIpc) is 3.07. The van der Waals surface area contributed by atoms with Gasteiger partial charge in [0.1, 0.15) is 6.10 Å². The molecule has 9 heteroatoms. The van der Waals surface area contributed by atoms with Gasteiger partial charge in [-0.1, -0.05) is 120 Å². The smallest absolute Gasteiger partial charge is 0.457 e. The van der Waals surface area contributed by atoms with Gasteiger partial charge >= 0.3 is 13.8 Å². The number of ether oxygens (including phenoxy) is 2. The standard InChI is InChI=1S/C39H70NO7P/c1-3-5-7-9-11-13-15-17-19-20-22-24-26-28-30-32-39(41)47-38(37-46-48(42,43)45-35-33-40)36-44-34-31-29-27-25-23-21-18-16-14-12-10-8-6-4-2/h6,8,11-14,17-19,21,38H,3-5,7,9-10,15-16,20,22-37,40H2,1-2H3,(H,42,43)/b8-6-,13-11-,14-12-,19-17-,21-18-. The molecule has 0 saturated heterocycles. The summed E-state index contributed by atoms with van der Waals surface area (Å²) < 4.78 is 33.2. The first-order valence-corrected chi connectivity index (χ1v) is 20.3. The SMILES string of the molecule is CC/C=C\C/C=C\C/C=C\CCCCCCOCC(COP(=O)(O)OCCN)OC(=O)CCCCCCC/C=C\C/C=C\CCCCC. The number of phosphoric ester groups is 1. The maximum absolute atomic E-state index is 12.5. The maximum atomic E-state index is 12.5. The number of rotatable bonds is 35. The van der Waals surface area contributed by atoms with Crippen molar-refractivity contribution in [2.24, 2.45) is 5.73 Å². The van der Waals surface area contributed by atoms with Crippen molar-refractivity contribution in [2.45, 2.75) is 148 Å². The highest BCUT2D eigenvalue weighted by atomic mass is 31.2. The molecule has 48 heavy (non-hydrogen) atoms. The first kappa shape index (κ1) is 46.2. The van der Waals surface area contributed by atoms with Crippen LogP contribution in [0.5, 0.6) is 0 Å². The Hall–Kier alpha value is -1.80. The second-order valence-electron chi connectivity index (χ2n) is 12.1. The summed E-state index contributed by atoms with van der Waals surface area (Å²) in [5.74, 6) is -0.356. The fraction of sp³-hybridized carbons (Fsp3) is 0.718. The molecule has 0 bridgehead atoms. The van der Waals surface area contributed by atoms with Gasteiger partial charge in [-0.25, -0.2) is 4.57 Å². The van der Waals surface area contributed by atoms with Gasteiger partial charge in [0, 0.05) is 19.6 Å². The van der Waals surface area contributed by atoms with Gasteiger partial charge in [-0.3, -0.25) is 13.8 Å². The van der Waals surface area contributed by atoms with Crippen LogP contribution in [0, 0.1) is 0 Å². The summed E-state index contributed by atoms with van der Waals surface area (Å²) in [5.41, 5.74) is 5.35. The van der Waals surface area contributed by atoms with Crippen LogP contribution < -0.4 is 5.73 Å². The van der Waals surface area contributed by atoms with E-state index in [9.17, 15) is 14.3 Å². The van der Waals surface area contributed by atoms with E-state index in [4.69, 9.17) is 24.3 Å². The number of allylic oxidation sites excluding steroid dienone is 10. The maximum Gasteiger partial charge on any atom is 0.472 e. The first-order valence-electron chi connectivity index (χ1n) is 18.8. The Labute approximate surface area is 293 Å². The van der Waals surface area contributed by atoms with Gasteiger partial charge in [0.25, 0.3) is 0 Å². The third-order valence-electron chi connectivity index (χ3n) is 7.42. The van der Waals surface area contributed by atoms with E-state index < -0.39 is 13.9 Å². The molecular weight excluding hydrogens is 625 g/mol. The van der Waals surface area contributed by atoms with Crippen LogP contribution in [-0.4, -0.2) is 49.9 Å². The van der Waals surface area contributed by atoms with Gasteiger partial charge in [0.15, 0.2) is 0 Å². The van der Waals surface area contributed by atoms with E-state index in [1.807, 2.05) is 0 Å². The minimum atomic E-state index is -4.28. The number of esters is 1. The number of unbranched alkanes of at least 4 members (excludes halogenated alkanes) is 12. The molecule has 0 aliphatic heterocycles. The van der Waals surface area contributed by atoms with Gasteiger partial charge in [-0.05, 0) is 77.0 Å². The zero-order chi connectivity index (χ0) is 35.2. The Morgan fingerprint density at radius 3 is 1.75 bits per heavy atom. The molecule has 0 aromatic rings. The van der Waals surface area contributed by atoms with E-state index in [0.717, 1.165) is 96.3 Å². The van der Waals surface area contributed by atoms with Crippen molar-refractivity contribution in [3.05, 3.63) is 60.8 Å². The molecule has 0 rings (SSSR count). The van der Waals surface area contributed by atoms with Crippen molar-refractivity contribution < 1.29 is 32.8 Å². The zero-order valence-electron chi connectivity index (χ0n) is 30.4. The Morgan fingerprint density at radius 1 is 0.646 bits per heavy atom. The molecule has 0 heterocycles. The highest BCUT2D eigenvalue weighted by Gasteiger charge is 2.25. The van der Waals surface area contributed by atoms with Gasteiger partial charge in [0.05, 0.1) is 19.8 Å². The molecule has 8 nitrogen and oxygen atoms in total. The van der Waals surface area contributed by atoms with Crippen LogP contribution in [0.3, 0.4) is 0 Å². The number of phosphoric acid groups is 1. The van der Waals surface area contributed by atoms with Crippen molar-refractivity contribution in [1.29, 1.82) is 0 Å². The largest absolute Gasteiger partial charge is 0.472 e. The molecule has 2 atom stereocenters. The Bertz CT molecular complexity index is 916. The van der Waals surface area contributed by atoms with E-state index >= 15 is 0 Å². The second-order valence-corrected chi connectivity index (χ2v) is 13.5. The van der Waals surface area contributed by atoms with Crippen LogP contribution in [0.1, 0.15) is 142 Å². The van der Waals surface area contributed by atoms with Crippen LogP contribution in [-0.2, 0) is 27.9 Å². The predicted molar refractivity (Wildman–Crippen MR) is 201 cm³/mol. The molecule has 0 aliphatic carbocycles. The summed E-state index contributed by atoms with van der Waals surface area (Å²) in [6.45, 7) is 4.68. The lowest BCUT2D eigenvalue weighted by atomic mass is 10.1. The van der Waals surface area contributed by atoms with Crippen molar-refractivity contribution >= 4 is 13.8 Å². The predicted octanol–water partition coefficient (Wildman–Crippen LogP) is 10.6. The molecule has 0 aliphatic rings. The lowest BCUT2D eigenvalue weighted by molar-refractivity contribution is -0.154. The third kappa shape index (κ3) is 35.5. The van der Waals surface area contributed by atoms with Crippen LogP contribution in [0.25, 0.3) is 0 Å². The van der Waals surface area contributed by atoms with Crippen LogP contribution >= 0.6 is 7.82 Å². The quantitative estimate of drug-likeness (QED) is 0.0291. The highest BCUT2D eigenvalue weighted by molar-refractivity contribution is 7.47. The Kier molecular flexibility index (Phi) is 35.1. The van der Waals surface area contributed by atoms with E-state index in [2.05, 4.69) is 74.6 Å². The number of nitrogens with two attached hydrogens (primary N) is 1. The van der Waals surface area contributed by atoms with Crippen LogP contribution in [0.15, 0.2) is 60.8 Å². The third-order valence-corrected chi connectivity index (χ3v) is 8.40. The van der Waals surface area contributed by atoms with E-state index in [-0.39, 0.29) is 32.3 Å². The van der Waals surface area contributed by atoms with Crippen LogP contribution in [0.2, 0.25) is 0 Å². The second kappa shape index (κ2) is 36.5. The summed E-state index contributed by atoms with van der Waals surface area (Å²) in [7, 11) is -4.28. The summed E-state index contributed by atoms with van der Waals surface area (Å²) in [4.78, 5) is 22.4. The van der Waals surface area contributed by atoms with Crippen molar-refractivity contribution in [2.75, 3.05) is 33.0 Å². The van der Waals surface area contributed by atoms with Gasteiger partial charge in [-0.15, -0.1) is 0 Å². The van der Waals surface area contributed by atoms with E-state index in [1.165, 1.54) is 25.7 Å². The summed E-state index contributed by atoms with van der Waals surface area (Å²) in [5, 5.41) is 0. The fourth-order valence-corrected chi connectivity index (χ4v) is 5.45. The molecular formula is C39H70NO7P. The fourth-order valence-electron chi connectivity index (χ4n) is 4.69. The minimum Gasteiger partial charge on any atom is -0.457 e. The van der Waals surface area contributed by atoms with Gasteiger partial charge in [-0.2, -0.15) is 0 Å². The number of carbonyl (C=O) groups is 1. The molecule has 2 unspecified atom stereocenters. The molecule has 278 valence electrons. The summed E-state index contributed by atoms with van der Waals surface area (Å²) in [6, 6.07) is 0. The monoisotopic (exact) mass is 695 g/mol. The number of hydrogen-bond donors (Lipinski definition) is 2. The van der Waals surface area contributed by atoms with Gasteiger partial charge < -0.3 is 20.1 Å². The lowest BCUT2D eigenvalue weighted by Gasteiger charge is -2.20. The molecule has 0 saturated carbocycles. The van der Waals surface area contributed by atoms with Crippen molar-refractivity contribution in [3.63, 3.8) is 0 Å². The lowest BCUT2D eigenvalue weighted by Crippen LogP contribution is -2.28. The zero-order valence-corrected chi connectivity index (χ0v) is 31.3. The molecule has 0 amide bonds. The van der Waals surface area contributed by atoms with E-state index in [0.29, 0.717) is 13.0 Å². The minimum absolute atomic E-state index is 0.0911. The average molecular weight is 696 g/mol. The van der Waals surface area contributed by atoms with Gasteiger partial charge in [0.2, 0.25) is 0 Å².